The third kappa shape index (κ3) is 82.5. The molecule has 24 valence electrons. The third-order valence-electron chi connectivity index (χ3n) is 0. The first kappa shape index (κ1) is 9.15. The van der Waals surface area contributed by atoms with E-state index in [1.54, 1.807) is 0 Å². The van der Waals surface area contributed by atoms with Crippen LogP contribution in [0.3, 0.4) is 0 Å². The molecule has 0 unspecified atom stereocenters. The van der Waals surface area contributed by atoms with Gasteiger partial charge in [-0.3, -0.25) is 0 Å². The number of hydrogen-bond acceptors (Lipinski definition) is 3. The molecule has 0 aromatic heterocycles. The van der Waals surface area contributed by atoms with E-state index in [9.17, 15) is 0 Å². The molecule has 5 heteroatoms. The summed E-state index contributed by atoms with van der Waals surface area (Å²) in [7, 11) is 0. The van der Waals surface area contributed by atoms with Gasteiger partial charge in [-0.15, -0.1) is 0 Å². The van der Waals surface area contributed by atoms with Crippen molar-refractivity contribution in [2.75, 3.05) is 0 Å². The van der Waals surface area contributed by atoms with Crippen molar-refractivity contribution in [3.05, 3.63) is 10.4 Å². The van der Waals surface area contributed by atoms with Gasteiger partial charge in [0.1, 0.15) is 0 Å². The molecule has 0 heterocycles. The third-order valence-corrected chi connectivity index (χ3v) is 0. The van der Waals surface area contributed by atoms with E-state index in [0.29, 0.717) is 0 Å². The van der Waals surface area contributed by atoms with Crippen molar-refractivity contribution in [2.24, 2.45) is 0 Å². The van der Waals surface area contributed by atoms with Crippen LogP contribution in [-0.2, 0) is 12.4 Å². The second kappa shape index (κ2) is 4.62. The maximum absolute atomic E-state index is 8.62. The Kier molecular flexibility index (Phi) is 8.46. The van der Waals surface area contributed by atoms with E-state index in [1.165, 1.54) is 0 Å². The predicted octanol–water partition coefficient (Wildman–Crippen LogP) is -3.27. The number of nitrogens with zero attached hydrogens (tertiary/aromatic N) is 1. The largest absolute Gasteiger partial charge is 1.00 e. The maximum atomic E-state index is 8.62. The first-order chi connectivity index (χ1) is 1.73. The summed E-state index contributed by atoms with van der Waals surface area (Å²) in [6.07, 6.45) is 0. The molecule has 0 aliphatic rings. The molecule has 0 rings (SSSR count). The van der Waals surface area contributed by atoms with E-state index in [-0.39, 0.29) is 29.6 Å². The van der Waals surface area contributed by atoms with Crippen molar-refractivity contribution in [3.63, 3.8) is 0 Å². The van der Waals surface area contributed by atoms with Crippen LogP contribution in [0, 0.1) is 10.4 Å². The van der Waals surface area contributed by atoms with E-state index < -0.39 is 4.27 Å². The summed E-state index contributed by atoms with van der Waals surface area (Å²) in [6.45, 7) is 0. The minimum absolute atomic E-state index is 0. The molecule has 0 N–H and O–H groups in total. The standard InChI is InChI=1S/NO2S.Na/c2-1(3)4;/q-1;+1. The zero-order valence-corrected chi connectivity index (χ0v) is 5.49. The fourth-order valence-corrected chi connectivity index (χ4v) is 0. The summed E-state index contributed by atoms with van der Waals surface area (Å²) in [5.41, 5.74) is 0. The first-order valence-electron chi connectivity index (χ1n) is 0.548. The quantitative estimate of drug-likeness (QED) is 0.237. The molecule has 0 aliphatic heterocycles. The topological polar surface area (TPSA) is 49.1 Å². The Morgan fingerprint density at radius 2 is 1.40 bits per heavy atom. The van der Waals surface area contributed by atoms with Gasteiger partial charge in [0.2, 0.25) is 0 Å². The molecule has 0 saturated carbocycles. The van der Waals surface area contributed by atoms with Crippen molar-refractivity contribution >= 4 is 12.4 Å². The molecule has 0 saturated heterocycles. The van der Waals surface area contributed by atoms with Crippen LogP contribution in [0.25, 0.3) is 0 Å². The Morgan fingerprint density at radius 1 is 1.40 bits per heavy atom. The second-order valence-electron chi connectivity index (χ2n) is 0.224. The van der Waals surface area contributed by atoms with Gasteiger partial charge < -0.3 is 10.4 Å². The van der Waals surface area contributed by atoms with Gasteiger partial charge in [-0.1, -0.05) is 4.27 Å². The molecule has 0 bridgehead atoms. The van der Waals surface area contributed by atoms with Crippen LogP contribution in [0.2, 0.25) is 0 Å². The van der Waals surface area contributed by atoms with Gasteiger partial charge >= 0.3 is 29.6 Å². The van der Waals surface area contributed by atoms with E-state index in [2.05, 4.69) is 12.4 Å². The minimum atomic E-state index is -0.917. The second-order valence-corrected chi connectivity index (χ2v) is 0.522. The zero-order valence-electron chi connectivity index (χ0n) is 2.67. The summed E-state index contributed by atoms with van der Waals surface area (Å²) in [5, 5.41) is 17.2. The molecule has 5 heavy (non-hydrogen) atoms. The summed E-state index contributed by atoms with van der Waals surface area (Å²) in [4.78, 5) is 0. The molecule has 3 nitrogen and oxygen atoms in total. The van der Waals surface area contributed by atoms with Crippen LogP contribution < -0.4 is 29.6 Å². The van der Waals surface area contributed by atoms with Crippen LogP contribution in [0.5, 0.6) is 0 Å². The van der Waals surface area contributed by atoms with Crippen molar-refractivity contribution < 1.29 is 33.8 Å². The molecular weight excluding hydrogens is 101 g/mol. The molecule has 0 fully saturated rings. The van der Waals surface area contributed by atoms with Gasteiger partial charge in [0.05, 0.1) is 0 Å². The van der Waals surface area contributed by atoms with E-state index >= 15 is 0 Å². The predicted molar refractivity (Wildman–Crippen MR) is 14.4 cm³/mol. The number of rotatable bonds is 0. The van der Waals surface area contributed by atoms with E-state index in [1.807, 2.05) is 0 Å². The molecule has 0 atom stereocenters. The van der Waals surface area contributed by atoms with Crippen molar-refractivity contribution in [3.8, 4) is 0 Å². The molecule has 0 radical (unpaired) electrons. The minimum Gasteiger partial charge on any atom is -0.599 e. The Bertz CT molecular complexity index is 32.6. The SMILES string of the molecule is [Na+].[O-][N+]([O-])=S. The molecule has 0 aliphatic carbocycles. The van der Waals surface area contributed by atoms with Gasteiger partial charge in [0.15, 0.2) is 0 Å². The Hall–Kier alpha value is 0.620. The van der Waals surface area contributed by atoms with Crippen LogP contribution in [0.4, 0.5) is 0 Å². The van der Waals surface area contributed by atoms with Gasteiger partial charge in [-0.25, -0.2) is 0 Å². The molecule has 0 aromatic carbocycles. The maximum Gasteiger partial charge on any atom is 1.00 e. The molecular formula is NNaO2S. The Morgan fingerprint density at radius 3 is 1.40 bits per heavy atom. The van der Waals surface area contributed by atoms with Gasteiger partial charge in [0.25, 0.3) is 12.4 Å². The van der Waals surface area contributed by atoms with Crippen molar-refractivity contribution in [1.82, 2.24) is 0 Å². The van der Waals surface area contributed by atoms with Crippen LogP contribution >= 0.6 is 0 Å². The van der Waals surface area contributed by atoms with Crippen LogP contribution in [-0.4, -0.2) is 4.27 Å². The Balaban J connectivity index is 0. The van der Waals surface area contributed by atoms with Gasteiger partial charge in [0, 0.05) is 0 Å². The fourth-order valence-electron chi connectivity index (χ4n) is 0. The molecule has 0 spiro atoms. The number of hydrogen-bond donors (Lipinski definition) is 0. The summed E-state index contributed by atoms with van der Waals surface area (Å²) in [5.74, 6) is 0. The van der Waals surface area contributed by atoms with E-state index in [0.717, 1.165) is 0 Å². The fraction of sp³-hybridized carbons (Fsp3) is 0. The van der Waals surface area contributed by atoms with Crippen molar-refractivity contribution in [2.45, 2.75) is 0 Å². The summed E-state index contributed by atoms with van der Waals surface area (Å²) in [6, 6.07) is 0. The molecule has 0 amide bonds. The summed E-state index contributed by atoms with van der Waals surface area (Å²) >= 11 is 3.34. The van der Waals surface area contributed by atoms with E-state index in [4.69, 9.17) is 10.4 Å². The Labute approximate surface area is 56.6 Å². The monoisotopic (exact) mass is 101 g/mol. The van der Waals surface area contributed by atoms with Crippen molar-refractivity contribution in [1.29, 1.82) is 0 Å². The average Bonchev–Trinajstić information content (AvgIpc) is 0.811. The normalized spacial score (nSPS) is 4.80. The molecule has 0 aromatic rings. The summed E-state index contributed by atoms with van der Waals surface area (Å²) < 4.78 is -0.917. The van der Waals surface area contributed by atoms with Crippen LogP contribution in [0.15, 0.2) is 0 Å². The van der Waals surface area contributed by atoms with Gasteiger partial charge in [-0.05, 0) is 0 Å². The first-order valence-corrected chi connectivity index (χ1v) is 0.913. The van der Waals surface area contributed by atoms with Crippen LogP contribution in [0.1, 0.15) is 0 Å². The zero-order chi connectivity index (χ0) is 3.58. The average molecular weight is 101 g/mol. The van der Waals surface area contributed by atoms with Gasteiger partial charge in [-0.2, -0.15) is 0 Å². The smallest absolute Gasteiger partial charge is 0.599 e.